The average molecular weight is 780 g/mol. The largest absolute Gasteiger partial charge is 0.453 e. The average Bonchev–Trinajstić information content (AvgIpc) is 3.21. The van der Waals surface area contributed by atoms with Crippen molar-refractivity contribution >= 4 is 28.4 Å². The van der Waals surface area contributed by atoms with Gasteiger partial charge in [0.1, 0.15) is 29.2 Å². The van der Waals surface area contributed by atoms with Crippen LogP contribution in [0, 0.1) is 29.9 Å². The highest BCUT2D eigenvalue weighted by molar-refractivity contribution is 5.85. The summed E-state index contributed by atoms with van der Waals surface area (Å²) in [7, 11) is 0. The summed E-state index contributed by atoms with van der Waals surface area (Å²) in [5.74, 6) is -0.808. The molecule has 57 heavy (non-hydrogen) atoms. The number of ether oxygens (including phenoxy) is 2. The van der Waals surface area contributed by atoms with Crippen molar-refractivity contribution < 1.29 is 27.8 Å². The van der Waals surface area contributed by atoms with Crippen LogP contribution >= 0.6 is 0 Å². The number of nitriles is 1. The molecular weight excluding hydrogens is 733 g/mol. The van der Waals surface area contributed by atoms with Crippen LogP contribution in [0.15, 0.2) is 59.7 Å². The first-order valence-corrected chi connectivity index (χ1v) is 20.0. The maximum Gasteiger partial charge on any atom is 0.261 e. The molecular formula is C43H47F2N7O5. The van der Waals surface area contributed by atoms with E-state index in [4.69, 9.17) is 9.47 Å². The second kappa shape index (κ2) is 16.2. The zero-order valence-corrected chi connectivity index (χ0v) is 32.1. The number of piperidine rings is 3. The topological polar surface area (TPSA) is 142 Å². The van der Waals surface area contributed by atoms with Gasteiger partial charge in [-0.3, -0.25) is 23.9 Å². The number of likely N-dealkylation sites (tertiary alicyclic amines) is 2. The summed E-state index contributed by atoms with van der Waals surface area (Å²) >= 11 is 0. The minimum absolute atomic E-state index is 0.0545. The molecule has 4 aliphatic rings. The monoisotopic (exact) mass is 779 g/mol. The molecule has 1 aromatic heterocycles. The Balaban J connectivity index is 0.849. The van der Waals surface area contributed by atoms with Crippen molar-refractivity contribution in [3.8, 4) is 17.6 Å². The lowest BCUT2D eigenvalue weighted by molar-refractivity contribution is -0.147. The van der Waals surface area contributed by atoms with Gasteiger partial charge in [-0.2, -0.15) is 5.26 Å². The molecule has 2 N–H and O–H groups in total. The summed E-state index contributed by atoms with van der Waals surface area (Å²) < 4.78 is 43.8. The standard InChI is InChI=1S/C43H47F2N7O5/c1-27-4-8-35(44)40(34(27)24-46)57-31-6-9-37-33(22-31)42(55)52(26-48-37)30-12-20-56-43(23-30)13-18-51(19-14-43)39(53)25-50-16-10-28(11-17-50)32-7-5-29(21-36(32)45)49-38-3-2-15-47-41(38)54/h4-9,21-22,26,28,30,38,49H,2-3,10-20,23,25H2,1H3,(H,47,54). The van der Waals surface area contributed by atoms with E-state index in [1.165, 1.54) is 18.2 Å². The molecule has 298 valence electrons. The molecule has 4 aliphatic heterocycles. The lowest BCUT2D eigenvalue weighted by atomic mass is 9.82. The first-order chi connectivity index (χ1) is 27.6. The van der Waals surface area contributed by atoms with Gasteiger partial charge < -0.3 is 25.0 Å². The third-order valence-corrected chi connectivity index (χ3v) is 12.3. The quantitative estimate of drug-likeness (QED) is 0.223. The molecule has 0 bridgehead atoms. The van der Waals surface area contributed by atoms with E-state index >= 15 is 4.39 Å². The summed E-state index contributed by atoms with van der Waals surface area (Å²) in [6, 6.07) is 14.2. The fourth-order valence-electron chi connectivity index (χ4n) is 8.95. The smallest absolute Gasteiger partial charge is 0.261 e. The van der Waals surface area contributed by atoms with E-state index in [2.05, 4.69) is 20.5 Å². The lowest BCUT2D eigenvalue weighted by Crippen LogP contribution is -2.53. The summed E-state index contributed by atoms with van der Waals surface area (Å²) in [4.78, 5) is 48.1. The van der Waals surface area contributed by atoms with Crippen LogP contribution in [0.5, 0.6) is 11.5 Å². The van der Waals surface area contributed by atoms with Crippen LogP contribution in [-0.4, -0.2) is 88.7 Å². The van der Waals surface area contributed by atoms with Gasteiger partial charge in [-0.15, -0.1) is 0 Å². The van der Waals surface area contributed by atoms with Gasteiger partial charge in [0.05, 0.1) is 29.4 Å². The van der Waals surface area contributed by atoms with Gasteiger partial charge in [-0.25, -0.2) is 13.8 Å². The van der Waals surface area contributed by atoms with Crippen LogP contribution in [0.2, 0.25) is 0 Å². The number of hydrogen-bond acceptors (Lipinski definition) is 9. The number of halogens is 2. The summed E-state index contributed by atoms with van der Waals surface area (Å²) in [6.07, 6.45) is 7.25. The lowest BCUT2D eigenvalue weighted by Gasteiger charge is -2.46. The van der Waals surface area contributed by atoms with E-state index in [-0.39, 0.29) is 58.3 Å². The second-order valence-electron chi connectivity index (χ2n) is 15.9. The first kappa shape index (κ1) is 38.5. The molecule has 0 saturated carbocycles. The number of amides is 2. The van der Waals surface area contributed by atoms with Gasteiger partial charge in [0, 0.05) is 38.0 Å². The Kier molecular flexibility index (Phi) is 11.0. The van der Waals surface area contributed by atoms with Gasteiger partial charge in [-0.05, 0) is 125 Å². The van der Waals surface area contributed by atoms with Gasteiger partial charge in [-0.1, -0.05) is 12.1 Å². The van der Waals surface area contributed by atoms with Gasteiger partial charge >= 0.3 is 0 Å². The molecule has 5 heterocycles. The van der Waals surface area contributed by atoms with Crippen molar-refractivity contribution in [1.29, 1.82) is 5.26 Å². The van der Waals surface area contributed by atoms with Crippen LogP contribution in [0.1, 0.15) is 80.0 Å². The number of benzene rings is 3. The molecule has 12 nitrogen and oxygen atoms in total. The highest BCUT2D eigenvalue weighted by Gasteiger charge is 2.42. The van der Waals surface area contributed by atoms with Crippen molar-refractivity contribution in [2.75, 3.05) is 51.2 Å². The Morgan fingerprint density at radius 3 is 2.60 bits per heavy atom. The van der Waals surface area contributed by atoms with Crippen molar-refractivity contribution in [3.63, 3.8) is 0 Å². The molecule has 0 radical (unpaired) electrons. The fourth-order valence-corrected chi connectivity index (χ4v) is 8.95. The number of carbonyl (C=O) groups excluding carboxylic acids is 2. The molecule has 8 rings (SSSR count). The van der Waals surface area contributed by atoms with Crippen LogP contribution in [0.4, 0.5) is 14.5 Å². The maximum atomic E-state index is 15.2. The molecule has 2 atom stereocenters. The van der Waals surface area contributed by atoms with E-state index in [9.17, 15) is 24.0 Å². The zero-order valence-electron chi connectivity index (χ0n) is 32.1. The molecule has 2 amide bonds. The van der Waals surface area contributed by atoms with Crippen molar-refractivity contribution in [3.05, 3.63) is 93.5 Å². The fraction of sp³-hybridized carbons (Fsp3) is 0.465. The Bertz CT molecular complexity index is 2280. The van der Waals surface area contributed by atoms with E-state index in [0.29, 0.717) is 99.3 Å². The van der Waals surface area contributed by atoms with Crippen LogP contribution < -0.4 is 20.9 Å². The minimum Gasteiger partial charge on any atom is -0.453 e. The highest BCUT2D eigenvalue weighted by atomic mass is 19.1. The number of anilines is 1. The molecule has 14 heteroatoms. The third kappa shape index (κ3) is 8.09. The Hall–Kier alpha value is -5.39. The van der Waals surface area contributed by atoms with Gasteiger partial charge in [0.2, 0.25) is 11.8 Å². The number of aromatic nitrogens is 2. The molecule has 3 aromatic carbocycles. The third-order valence-electron chi connectivity index (χ3n) is 12.3. The van der Waals surface area contributed by atoms with Crippen molar-refractivity contribution in [2.24, 2.45) is 0 Å². The molecule has 4 saturated heterocycles. The summed E-state index contributed by atoms with van der Waals surface area (Å²) in [6.45, 7) is 5.68. The van der Waals surface area contributed by atoms with Crippen molar-refractivity contribution in [1.82, 2.24) is 24.7 Å². The highest BCUT2D eigenvalue weighted by Crippen LogP contribution is 2.40. The Morgan fingerprint density at radius 1 is 1.04 bits per heavy atom. The zero-order chi connectivity index (χ0) is 39.7. The molecule has 4 fully saturated rings. The van der Waals surface area contributed by atoms with E-state index < -0.39 is 11.4 Å². The molecule has 4 aromatic rings. The van der Waals surface area contributed by atoms with E-state index in [1.807, 2.05) is 23.1 Å². The van der Waals surface area contributed by atoms with Crippen LogP contribution in [0.25, 0.3) is 10.9 Å². The number of aryl methyl sites for hydroxylation is 1. The Labute approximate surface area is 329 Å². The summed E-state index contributed by atoms with van der Waals surface area (Å²) in [5.41, 5.74) is 1.73. The van der Waals surface area contributed by atoms with Crippen LogP contribution in [-0.2, 0) is 14.3 Å². The second-order valence-corrected chi connectivity index (χ2v) is 15.9. The normalized spacial score (nSPS) is 21.6. The molecule has 0 aliphatic carbocycles. The number of fused-ring (bicyclic) bond motifs is 1. The SMILES string of the molecule is Cc1ccc(F)c(Oc2ccc3ncn(C4CCOC5(CCN(C(=O)CN6CCC(c7ccc(NC8CCCNC8=O)cc7F)CC6)CC5)C4)c(=O)c3c2)c1C#N. The van der Waals surface area contributed by atoms with Gasteiger partial charge in [0.15, 0.2) is 11.6 Å². The first-order valence-electron chi connectivity index (χ1n) is 20.0. The number of nitrogens with one attached hydrogen (secondary N) is 2. The number of nitrogens with zero attached hydrogens (tertiary/aromatic N) is 5. The molecule has 1 spiro atoms. The minimum atomic E-state index is -0.667. The molecule has 2 unspecified atom stereocenters. The van der Waals surface area contributed by atoms with E-state index in [0.717, 1.165) is 25.7 Å². The van der Waals surface area contributed by atoms with Gasteiger partial charge in [0.25, 0.3) is 5.56 Å². The Morgan fingerprint density at radius 2 is 1.84 bits per heavy atom. The number of carbonyl (C=O) groups is 2. The number of rotatable bonds is 8. The van der Waals surface area contributed by atoms with E-state index in [1.54, 1.807) is 36.0 Å². The predicted molar refractivity (Wildman–Crippen MR) is 209 cm³/mol. The maximum absolute atomic E-state index is 15.2. The number of hydrogen-bond donors (Lipinski definition) is 2. The van der Waals surface area contributed by atoms with Crippen LogP contribution in [0.3, 0.4) is 0 Å². The predicted octanol–water partition coefficient (Wildman–Crippen LogP) is 5.93. The summed E-state index contributed by atoms with van der Waals surface area (Å²) in [5, 5.41) is 15.9. The van der Waals surface area contributed by atoms with Crippen molar-refractivity contribution in [2.45, 2.75) is 81.9 Å².